The summed E-state index contributed by atoms with van der Waals surface area (Å²) in [4.78, 5) is 17.0. The molecule has 19 heavy (non-hydrogen) atoms. The van der Waals surface area contributed by atoms with E-state index in [1.807, 2.05) is 17.5 Å². The first-order chi connectivity index (χ1) is 8.83. The second-order valence-corrected chi connectivity index (χ2v) is 5.14. The second kappa shape index (κ2) is 6.18. The minimum absolute atomic E-state index is 0. The molecule has 0 radical (unpaired) electrons. The lowest BCUT2D eigenvalue weighted by Crippen LogP contribution is -2.50. The van der Waals surface area contributed by atoms with E-state index in [0.29, 0.717) is 12.4 Å². The summed E-state index contributed by atoms with van der Waals surface area (Å²) in [5.74, 6) is 0.794. The van der Waals surface area contributed by atoms with E-state index in [-0.39, 0.29) is 24.2 Å². The Labute approximate surface area is 120 Å². The molecule has 1 saturated heterocycles. The van der Waals surface area contributed by atoms with Crippen molar-refractivity contribution < 1.29 is 9.21 Å². The van der Waals surface area contributed by atoms with Crippen LogP contribution in [0.1, 0.15) is 5.69 Å². The first-order valence-electron chi connectivity index (χ1n) is 5.79. The normalized spacial score (nSPS) is 14.5. The molecule has 1 amide bonds. The number of nitrogens with zero attached hydrogens (tertiary/aromatic N) is 1. The maximum absolute atomic E-state index is 11.6. The van der Waals surface area contributed by atoms with Crippen LogP contribution in [0.2, 0.25) is 0 Å². The Morgan fingerprint density at radius 3 is 3.05 bits per heavy atom. The molecule has 0 atom stereocenters. The van der Waals surface area contributed by atoms with Gasteiger partial charge in [-0.1, -0.05) is 6.07 Å². The summed E-state index contributed by atoms with van der Waals surface area (Å²) in [6.45, 7) is 1.96. The number of rotatable bonds is 4. The molecule has 2 aromatic heterocycles. The minimum atomic E-state index is 0. The number of aromatic nitrogens is 1. The summed E-state index contributed by atoms with van der Waals surface area (Å²) < 4.78 is 5.38. The predicted molar refractivity (Wildman–Crippen MR) is 75.3 cm³/mol. The second-order valence-electron chi connectivity index (χ2n) is 4.19. The predicted octanol–water partition coefficient (Wildman–Crippen LogP) is 1.66. The van der Waals surface area contributed by atoms with Crippen molar-refractivity contribution in [3.8, 4) is 10.8 Å². The van der Waals surface area contributed by atoms with Gasteiger partial charge in [-0.15, -0.1) is 23.7 Å². The standard InChI is InChI=1S/C12H13N3O2S.ClH/c16-11(8-4-13-5-8)14-6-9-7-17-12(15-9)10-2-1-3-18-10;/h1-3,7-8,13H,4-6H2,(H,14,16);1H. The van der Waals surface area contributed by atoms with Gasteiger partial charge in [-0.25, -0.2) is 4.98 Å². The zero-order chi connectivity index (χ0) is 12.4. The van der Waals surface area contributed by atoms with E-state index in [9.17, 15) is 4.79 Å². The van der Waals surface area contributed by atoms with Crippen LogP contribution >= 0.6 is 23.7 Å². The highest BCUT2D eigenvalue weighted by atomic mass is 35.5. The van der Waals surface area contributed by atoms with E-state index in [1.165, 1.54) is 0 Å². The van der Waals surface area contributed by atoms with Crippen molar-refractivity contribution in [2.24, 2.45) is 5.92 Å². The molecule has 0 aromatic carbocycles. The number of nitrogens with one attached hydrogen (secondary N) is 2. The summed E-state index contributed by atoms with van der Waals surface area (Å²) in [6.07, 6.45) is 1.59. The highest BCUT2D eigenvalue weighted by Gasteiger charge is 2.24. The number of amides is 1. The minimum Gasteiger partial charge on any atom is -0.443 e. The van der Waals surface area contributed by atoms with Crippen LogP contribution in [0.15, 0.2) is 28.2 Å². The van der Waals surface area contributed by atoms with Crippen LogP contribution < -0.4 is 10.6 Å². The van der Waals surface area contributed by atoms with Gasteiger partial charge in [-0.3, -0.25) is 4.79 Å². The number of carbonyl (C=O) groups excluding carboxylic acids is 1. The Balaban J connectivity index is 0.00000133. The van der Waals surface area contributed by atoms with Crippen LogP contribution in [-0.2, 0) is 11.3 Å². The van der Waals surface area contributed by atoms with Gasteiger partial charge in [0.05, 0.1) is 23.0 Å². The fraction of sp³-hybridized carbons (Fsp3) is 0.333. The molecule has 0 saturated carbocycles. The van der Waals surface area contributed by atoms with E-state index in [0.717, 1.165) is 23.7 Å². The number of hydrogen-bond acceptors (Lipinski definition) is 5. The van der Waals surface area contributed by atoms with Crippen LogP contribution in [0.4, 0.5) is 0 Å². The largest absolute Gasteiger partial charge is 0.443 e. The van der Waals surface area contributed by atoms with E-state index < -0.39 is 0 Å². The van der Waals surface area contributed by atoms with Crippen molar-refractivity contribution in [2.45, 2.75) is 6.54 Å². The number of halogens is 1. The molecule has 102 valence electrons. The number of hydrogen-bond donors (Lipinski definition) is 2. The first-order valence-corrected chi connectivity index (χ1v) is 6.67. The molecule has 2 aromatic rings. The molecule has 1 aliphatic rings. The number of thiophene rings is 1. The molecule has 3 rings (SSSR count). The van der Waals surface area contributed by atoms with Crippen molar-refractivity contribution in [3.05, 3.63) is 29.5 Å². The molecule has 1 aliphatic heterocycles. The van der Waals surface area contributed by atoms with Gasteiger partial charge in [-0.05, 0) is 11.4 Å². The molecule has 7 heteroatoms. The maximum atomic E-state index is 11.6. The van der Waals surface area contributed by atoms with Crippen molar-refractivity contribution in [2.75, 3.05) is 13.1 Å². The molecule has 0 unspecified atom stereocenters. The van der Waals surface area contributed by atoms with Crippen LogP contribution in [0.3, 0.4) is 0 Å². The Kier molecular flexibility index (Phi) is 4.57. The smallest absolute Gasteiger partial charge is 0.236 e. The van der Waals surface area contributed by atoms with Crippen molar-refractivity contribution in [3.63, 3.8) is 0 Å². The van der Waals surface area contributed by atoms with Crippen LogP contribution in [0.25, 0.3) is 10.8 Å². The molecule has 1 fully saturated rings. The monoisotopic (exact) mass is 299 g/mol. The average molecular weight is 300 g/mol. The van der Waals surface area contributed by atoms with E-state index in [1.54, 1.807) is 17.6 Å². The third-order valence-corrected chi connectivity index (χ3v) is 3.74. The Bertz CT molecular complexity index is 537. The summed E-state index contributed by atoms with van der Waals surface area (Å²) in [7, 11) is 0. The number of oxazole rings is 1. The van der Waals surface area contributed by atoms with Crippen LogP contribution in [0.5, 0.6) is 0 Å². The molecule has 5 nitrogen and oxygen atoms in total. The lowest BCUT2D eigenvalue weighted by atomic mass is 10.0. The Morgan fingerprint density at radius 2 is 2.42 bits per heavy atom. The molecule has 0 aliphatic carbocycles. The van der Waals surface area contributed by atoms with Gasteiger partial charge in [0.15, 0.2) is 0 Å². The third kappa shape index (κ3) is 3.15. The molecular formula is C12H14ClN3O2S. The van der Waals surface area contributed by atoms with Gasteiger partial charge in [0.2, 0.25) is 11.8 Å². The van der Waals surface area contributed by atoms with Crippen molar-refractivity contribution in [1.29, 1.82) is 0 Å². The van der Waals surface area contributed by atoms with E-state index in [4.69, 9.17) is 4.42 Å². The summed E-state index contributed by atoms with van der Waals surface area (Å²) in [6, 6.07) is 3.91. The van der Waals surface area contributed by atoms with E-state index in [2.05, 4.69) is 15.6 Å². The lowest BCUT2D eigenvalue weighted by Gasteiger charge is -2.25. The summed E-state index contributed by atoms with van der Waals surface area (Å²) in [5.41, 5.74) is 0.749. The van der Waals surface area contributed by atoms with Gasteiger partial charge >= 0.3 is 0 Å². The van der Waals surface area contributed by atoms with Gasteiger partial charge in [-0.2, -0.15) is 0 Å². The number of carbonyl (C=O) groups is 1. The molecule has 2 N–H and O–H groups in total. The molecule has 0 spiro atoms. The van der Waals surface area contributed by atoms with Gasteiger partial charge in [0.1, 0.15) is 6.26 Å². The summed E-state index contributed by atoms with van der Waals surface area (Å²) in [5, 5.41) is 7.91. The zero-order valence-electron chi connectivity index (χ0n) is 10.1. The Hall–Kier alpha value is -1.37. The fourth-order valence-corrected chi connectivity index (χ4v) is 2.35. The van der Waals surface area contributed by atoms with Gasteiger partial charge in [0.25, 0.3) is 0 Å². The first kappa shape index (κ1) is 14.0. The zero-order valence-corrected chi connectivity index (χ0v) is 11.7. The SMILES string of the molecule is Cl.O=C(NCc1coc(-c2cccs2)n1)C1CNC1. The third-order valence-electron chi connectivity index (χ3n) is 2.88. The average Bonchev–Trinajstić information content (AvgIpc) is 2.94. The lowest BCUT2D eigenvalue weighted by molar-refractivity contribution is -0.126. The molecule has 3 heterocycles. The van der Waals surface area contributed by atoms with Crippen molar-refractivity contribution >= 4 is 29.7 Å². The summed E-state index contributed by atoms with van der Waals surface area (Å²) >= 11 is 1.58. The van der Waals surface area contributed by atoms with Gasteiger partial charge in [0, 0.05) is 13.1 Å². The quantitative estimate of drug-likeness (QED) is 0.901. The van der Waals surface area contributed by atoms with Crippen molar-refractivity contribution in [1.82, 2.24) is 15.6 Å². The fourth-order valence-electron chi connectivity index (χ4n) is 1.70. The van der Waals surface area contributed by atoms with Gasteiger partial charge < -0.3 is 15.1 Å². The topological polar surface area (TPSA) is 67.2 Å². The van der Waals surface area contributed by atoms with Crippen LogP contribution in [0, 0.1) is 5.92 Å². The molecule has 0 bridgehead atoms. The highest BCUT2D eigenvalue weighted by molar-refractivity contribution is 7.13. The van der Waals surface area contributed by atoms with Crippen LogP contribution in [-0.4, -0.2) is 24.0 Å². The Morgan fingerprint density at radius 1 is 1.58 bits per heavy atom. The highest BCUT2D eigenvalue weighted by Crippen LogP contribution is 2.23. The maximum Gasteiger partial charge on any atom is 0.236 e. The molecular weight excluding hydrogens is 286 g/mol. The van der Waals surface area contributed by atoms with E-state index >= 15 is 0 Å².